The molecule has 0 bridgehead atoms. The van der Waals surface area contributed by atoms with Crippen LogP contribution in [0.4, 0.5) is 0 Å². The number of nitrogens with one attached hydrogen (secondary N) is 1. The van der Waals surface area contributed by atoms with Gasteiger partial charge < -0.3 is 9.73 Å². The molecule has 1 N–H and O–H groups in total. The van der Waals surface area contributed by atoms with Crippen LogP contribution in [-0.4, -0.2) is 16.3 Å². The highest BCUT2D eigenvalue weighted by atomic mass is 79.9. The monoisotopic (exact) mass is 283 g/mol. The van der Waals surface area contributed by atoms with Crippen LogP contribution in [0, 0.1) is 0 Å². The highest BCUT2D eigenvalue weighted by molar-refractivity contribution is 9.10. The van der Waals surface area contributed by atoms with E-state index in [1.807, 2.05) is 25.5 Å². The Bertz CT molecular complexity index is 463. The molecule has 16 heavy (non-hydrogen) atoms. The summed E-state index contributed by atoms with van der Waals surface area (Å²) >= 11 is 3.48. The molecule has 0 radical (unpaired) electrons. The van der Waals surface area contributed by atoms with Crippen LogP contribution in [-0.2, 0) is 7.05 Å². The summed E-state index contributed by atoms with van der Waals surface area (Å²) in [5.41, 5.74) is 1.10. The van der Waals surface area contributed by atoms with Crippen LogP contribution in [0.1, 0.15) is 24.3 Å². The van der Waals surface area contributed by atoms with Crippen molar-refractivity contribution < 1.29 is 4.42 Å². The third kappa shape index (κ3) is 2.20. The summed E-state index contributed by atoms with van der Waals surface area (Å²) in [6.45, 7) is 2.94. The molecular weight excluding hydrogens is 270 g/mol. The van der Waals surface area contributed by atoms with Gasteiger partial charge in [0.15, 0.2) is 0 Å². The van der Waals surface area contributed by atoms with E-state index in [2.05, 4.69) is 33.3 Å². The first-order chi connectivity index (χ1) is 7.72. The van der Waals surface area contributed by atoms with Gasteiger partial charge in [-0.05, 0) is 28.5 Å². The van der Waals surface area contributed by atoms with Crippen molar-refractivity contribution in [2.45, 2.75) is 13.0 Å². The van der Waals surface area contributed by atoms with Crippen molar-refractivity contribution in [3.63, 3.8) is 0 Å². The summed E-state index contributed by atoms with van der Waals surface area (Å²) in [6, 6.07) is 1.94. The van der Waals surface area contributed by atoms with Crippen molar-refractivity contribution in [3.8, 4) is 0 Å². The fourth-order valence-electron chi connectivity index (χ4n) is 1.67. The van der Waals surface area contributed by atoms with Gasteiger partial charge in [-0.25, -0.2) is 0 Å². The van der Waals surface area contributed by atoms with Gasteiger partial charge in [-0.3, -0.25) is 4.68 Å². The lowest BCUT2D eigenvalue weighted by atomic mass is 10.1. The molecule has 4 nitrogen and oxygen atoms in total. The molecule has 2 heterocycles. The minimum atomic E-state index is 0.0445. The van der Waals surface area contributed by atoms with E-state index in [4.69, 9.17) is 4.42 Å². The first-order valence-corrected chi connectivity index (χ1v) is 5.96. The smallest absolute Gasteiger partial charge is 0.139 e. The van der Waals surface area contributed by atoms with Gasteiger partial charge in [0.2, 0.25) is 0 Å². The Morgan fingerprint density at radius 2 is 2.44 bits per heavy atom. The van der Waals surface area contributed by atoms with Crippen LogP contribution in [0.2, 0.25) is 0 Å². The normalized spacial score (nSPS) is 12.9. The molecule has 2 rings (SSSR count). The maximum Gasteiger partial charge on any atom is 0.139 e. The van der Waals surface area contributed by atoms with Gasteiger partial charge in [0, 0.05) is 18.8 Å². The summed E-state index contributed by atoms with van der Waals surface area (Å²) in [6.07, 6.45) is 5.52. The Hall–Kier alpha value is -1.07. The molecule has 0 aliphatic carbocycles. The molecule has 86 valence electrons. The first-order valence-electron chi connectivity index (χ1n) is 5.17. The second-order valence-electron chi connectivity index (χ2n) is 3.57. The van der Waals surface area contributed by atoms with E-state index in [1.165, 1.54) is 0 Å². The van der Waals surface area contributed by atoms with Gasteiger partial charge in [-0.2, -0.15) is 5.10 Å². The number of aryl methyl sites for hydroxylation is 1. The average molecular weight is 284 g/mol. The van der Waals surface area contributed by atoms with Crippen molar-refractivity contribution in [1.82, 2.24) is 15.1 Å². The fraction of sp³-hybridized carbons (Fsp3) is 0.364. The second kappa shape index (κ2) is 4.84. The number of aromatic nitrogens is 2. The van der Waals surface area contributed by atoms with Gasteiger partial charge in [-0.15, -0.1) is 0 Å². The predicted molar refractivity (Wildman–Crippen MR) is 65.1 cm³/mol. The van der Waals surface area contributed by atoms with Gasteiger partial charge >= 0.3 is 0 Å². The Balaban J connectivity index is 2.34. The maximum absolute atomic E-state index is 5.50. The quantitative estimate of drug-likeness (QED) is 0.938. The minimum absolute atomic E-state index is 0.0445. The molecule has 0 aromatic carbocycles. The van der Waals surface area contributed by atoms with Crippen LogP contribution in [0.5, 0.6) is 0 Å². The summed E-state index contributed by atoms with van der Waals surface area (Å²) < 4.78 is 8.26. The van der Waals surface area contributed by atoms with E-state index >= 15 is 0 Å². The standard InChI is InChI=1S/C11H14BrN3O/c1-3-13-10(8-6-14-15(2)7-8)11-9(12)4-5-16-11/h4-7,10,13H,3H2,1-2H3. The van der Waals surface area contributed by atoms with Crippen LogP contribution < -0.4 is 5.32 Å². The molecule has 0 saturated carbocycles. The van der Waals surface area contributed by atoms with Gasteiger partial charge in [0.1, 0.15) is 5.76 Å². The number of hydrogen-bond donors (Lipinski definition) is 1. The average Bonchev–Trinajstić information content (AvgIpc) is 2.84. The largest absolute Gasteiger partial charge is 0.466 e. The van der Waals surface area contributed by atoms with E-state index in [-0.39, 0.29) is 6.04 Å². The molecule has 0 amide bonds. The zero-order valence-corrected chi connectivity index (χ0v) is 10.9. The number of rotatable bonds is 4. The third-order valence-corrected chi connectivity index (χ3v) is 3.03. The lowest BCUT2D eigenvalue weighted by Gasteiger charge is -2.14. The summed E-state index contributed by atoms with van der Waals surface area (Å²) in [5.74, 6) is 0.884. The number of hydrogen-bond acceptors (Lipinski definition) is 3. The van der Waals surface area contributed by atoms with Gasteiger partial charge in [0.25, 0.3) is 0 Å². The van der Waals surface area contributed by atoms with Gasteiger partial charge in [0.05, 0.1) is 23.0 Å². The van der Waals surface area contributed by atoms with Crippen molar-refractivity contribution in [2.75, 3.05) is 6.54 Å². The molecule has 0 saturated heterocycles. The molecule has 2 aromatic rings. The van der Waals surface area contributed by atoms with Crippen LogP contribution >= 0.6 is 15.9 Å². The molecule has 1 atom stereocenters. The van der Waals surface area contributed by atoms with Gasteiger partial charge in [-0.1, -0.05) is 6.92 Å². The molecule has 0 aliphatic heterocycles. The van der Waals surface area contributed by atoms with E-state index < -0.39 is 0 Å². The van der Waals surface area contributed by atoms with E-state index in [0.29, 0.717) is 0 Å². The summed E-state index contributed by atoms with van der Waals surface area (Å²) in [7, 11) is 1.91. The van der Waals surface area contributed by atoms with Crippen molar-refractivity contribution in [3.05, 3.63) is 40.5 Å². The van der Waals surface area contributed by atoms with Crippen molar-refractivity contribution >= 4 is 15.9 Å². The number of nitrogens with zero attached hydrogens (tertiary/aromatic N) is 2. The molecule has 2 aromatic heterocycles. The first kappa shape index (κ1) is 11.4. The Kier molecular flexibility index (Phi) is 3.46. The Morgan fingerprint density at radius 3 is 2.94 bits per heavy atom. The summed E-state index contributed by atoms with van der Waals surface area (Å²) in [5, 5.41) is 7.56. The number of furan rings is 1. The van der Waals surface area contributed by atoms with Crippen LogP contribution in [0.3, 0.4) is 0 Å². The topological polar surface area (TPSA) is 43.0 Å². The molecule has 5 heteroatoms. The Labute approximate surface area is 103 Å². The SMILES string of the molecule is CCNC(c1cnn(C)c1)c1occc1Br. The Morgan fingerprint density at radius 1 is 1.62 bits per heavy atom. The lowest BCUT2D eigenvalue weighted by Crippen LogP contribution is -2.21. The third-order valence-electron chi connectivity index (χ3n) is 2.37. The molecule has 0 aliphatic rings. The van der Waals surface area contributed by atoms with E-state index in [9.17, 15) is 0 Å². The maximum atomic E-state index is 5.50. The molecule has 0 spiro atoms. The minimum Gasteiger partial charge on any atom is -0.466 e. The zero-order valence-electron chi connectivity index (χ0n) is 9.27. The van der Waals surface area contributed by atoms with Crippen molar-refractivity contribution in [2.24, 2.45) is 7.05 Å². The van der Waals surface area contributed by atoms with Crippen LogP contribution in [0.25, 0.3) is 0 Å². The molecule has 1 unspecified atom stereocenters. The highest BCUT2D eigenvalue weighted by Gasteiger charge is 2.20. The zero-order chi connectivity index (χ0) is 11.5. The summed E-state index contributed by atoms with van der Waals surface area (Å²) in [4.78, 5) is 0. The molecule has 0 fully saturated rings. The van der Waals surface area contributed by atoms with Crippen molar-refractivity contribution in [1.29, 1.82) is 0 Å². The van der Waals surface area contributed by atoms with E-state index in [1.54, 1.807) is 10.9 Å². The fourth-order valence-corrected chi connectivity index (χ4v) is 2.10. The lowest BCUT2D eigenvalue weighted by molar-refractivity contribution is 0.450. The predicted octanol–water partition coefficient (Wildman–Crippen LogP) is 2.47. The van der Waals surface area contributed by atoms with Crippen LogP contribution in [0.15, 0.2) is 33.6 Å². The number of halogens is 1. The highest BCUT2D eigenvalue weighted by Crippen LogP contribution is 2.29. The van der Waals surface area contributed by atoms with E-state index in [0.717, 1.165) is 22.3 Å². The second-order valence-corrected chi connectivity index (χ2v) is 4.43. The molecular formula is C11H14BrN3O.